The largest absolute Gasteiger partial charge is 0.478 e. The zero-order valence-electron chi connectivity index (χ0n) is 11.9. The Morgan fingerprint density at radius 1 is 1.32 bits per heavy atom. The van der Waals surface area contributed by atoms with Gasteiger partial charge in [-0.3, -0.25) is 0 Å². The smallest absolute Gasteiger partial charge is 0.335 e. The van der Waals surface area contributed by atoms with Gasteiger partial charge in [-0.15, -0.1) is 11.3 Å². The van der Waals surface area contributed by atoms with Gasteiger partial charge in [-0.05, 0) is 48.1 Å². The van der Waals surface area contributed by atoms with Crippen LogP contribution in [0, 0.1) is 6.92 Å². The van der Waals surface area contributed by atoms with E-state index in [-0.39, 0.29) is 10.5 Å². The van der Waals surface area contributed by atoms with Crippen molar-refractivity contribution < 1.29 is 18.3 Å². The van der Waals surface area contributed by atoms with Crippen LogP contribution in [0.2, 0.25) is 0 Å². The van der Waals surface area contributed by atoms with E-state index in [9.17, 15) is 13.2 Å². The van der Waals surface area contributed by atoms with Gasteiger partial charge in [-0.1, -0.05) is 6.07 Å². The normalized spacial score (nSPS) is 15.5. The Balaban J connectivity index is 2.00. The summed E-state index contributed by atoms with van der Waals surface area (Å²) in [5.74, 6) is -1.13. The molecule has 0 aliphatic carbocycles. The SMILES string of the molecule is Cc1ccc(C(=O)O)cc1S(=O)(=O)N1CCc2sccc2C1. The van der Waals surface area contributed by atoms with E-state index in [4.69, 9.17) is 5.11 Å². The maximum Gasteiger partial charge on any atom is 0.335 e. The first-order valence-corrected chi connectivity index (χ1v) is 9.11. The lowest BCUT2D eigenvalue weighted by atomic mass is 10.1. The quantitative estimate of drug-likeness (QED) is 0.934. The molecule has 0 fully saturated rings. The minimum atomic E-state index is -3.69. The highest BCUT2D eigenvalue weighted by atomic mass is 32.2. The lowest BCUT2D eigenvalue weighted by molar-refractivity contribution is 0.0696. The number of benzene rings is 1. The number of hydrogen-bond acceptors (Lipinski definition) is 4. The van der Waals surface area contributed by atoms with Gasteiger partial charge < -0.3 is 5.11 Å². The van der Waals surface area contributed by atoms with E-state index in [1.54, 1.807) is 18.3 Å². The van der Waals surface area contributed by atoms with E-state index < -0.39 is 16.0 Å². The van der Waals surface area contributed by atoms with Gasteiger partial charge in [0.25, 0.3) is 0 Å². The summed E-state index contributed by atoms with van der Waals surface area (Å²) in [6.07, 6.45) is 0.698. The van der Waals surface area contributed by atoms with Crippen molar-refractivity contribution in [3.63, 3.8) is 0 Å². The van der Waals surface area contributed by atoms with Crippen molar-refractivity contribution in [2.75, 3.05) is 6.54 Å². The molecule has 1 aromatic heterocycles. The first-order valence-electron chi connectivity index (χ1n) is 6.79. The number of thiophene rings is 1. The molecule has 1 aliphatic heterocycles. The molecule has 0 spiro atoms. The molecule has 0 atom stereocenters. The van der Waals surface area contributed by atoms with Gasteiger partial charge in [0, 0.05) is 18.0 Å². The van der Waals surface area contributed by atoms with Crippen LogP contribution in [0.25, 0.3) is 0 Å². The summed E-state index contributed by atoms with van der Waals surface area (Å²) in [5.41, 5.74) is 1.57. The average molecular weight is 337 g/mol. The first kappa shape index (κ1) is 15.2. The van der Waals surface area contributed by atoms with Crippen LogP contribution in [0.15, 0.2) is 34.5 Å². The highest BCUT2D eigenvalue weighted by Crippen LogP contribution is 2.29. The molecule has 3 rings (SSSR count). The van der Waals surface area contributed by atoms with Gasteiger partial charge in [-0.25, -0.2) is 13.2 Å². The van der Waals surface area contributed by atoms with Crippen molar-refractivity contribution in [1.29, 1.82) is 0 Å². The van der Waals surface area contributed by atoms with Crippen LogP contribution in [-0.4, -0.2) is 30.3 Å². The maximum atomic E-state index is 12.9. The molecule has 5 nitrogen and oxygen atoms in total. The summed E-state index contributed by atoms with van der Waals surface area (Å²) in [7, 11) is -3.69. The summed E-state index contributed by atoms with van der Waals surface area (Å²) in [6.45, 7) is 2.45. The highest BCUT2D eigenvalue weighted by Gasteiger charge is 2.30. The first-order chi connectivity index (χ1) is 10.4. The minimum absolute atomic E-state index is 0.0163. The molecule has 2 aromatic rings. The Bertz CT molecular complexity index is 839. The van der Waals surface area contributed by atoms with Gasteiger partial charge >= 0.3 is 5.97 Å². The molecule has 0 saturated carbocycles. The van der Waals surface area contributed by atoms with E-state index in [1.807, 2.05) is 11.4 Å². The number of carboxylic acid groups (broad SMARTS) is 1. The lowest BCUT2D eigenvalue weighted by Crippen LogP contribution is -2.35. The van der Waals surface area contributed by atoms with Crippen LogP contribution < -0.4 is 0 Å². The van der Waals surface area contributed by atoms with E-state index in [1.165, 1.54) is 27.4 Å². The van der Waals surface area contributed by atoms with Crippen molar-refractivity contribution in [3.8, 4) is 0 Å². The fourth-order valence-corrected chi connectivity index (χ4v) is 5.14. The Hall–Kier alpha value is -1.70. The van der Waals surface area contributed by atoms with Crippen LogP contribution in [-0.2, 0) is 23.0 Å². The van der Waals surface area contributed by atoms with E-state index >= 15 is 0 Å². The van der Waals surface area contributed by atoms with Crippen LogP contribution in [0.3, 0.4) is 0 Å². The molecule has 1 N–H and O–H groups in total. The number of aromatic carboxylic acids is 1. The number of hydrogen-bond donors (Lipinski definition) is 1. The number of nitrogens with zero attached hydrogens (tertiary/aromatic N) is 1. The number of rotatable bonds is 3. The summed E-state index contributed by atoms with van der Waals surface area (Å²) in [6, 6.07) is 6.15. The van der Waals surface area contributed by atoms with Crippen LogP contribution in [0.5, 0.6) is 0 Å². The van der Waals surface area contributed by atoms with Crippen molar-refractivity contribution in [1.82, 2.24) is 4.31 Å². The average Bonchev–Trinajstić information content (AvgIpc) is 2.94. The fraction of sp³-hybridized carbons (Fsp3) is 0.267. The lowest BCUT2D eigenvalue weighted by Gasteiger charge is -2.27. The summed E-state index contributed by atoms with van der Waals surface area (Å²) in [4.78, 5) is 12.4. The van der Waals surface area contributed by atoms with Gasteiger partial charge in [0.15, 0.2) is 0 Å². The second kappa shape index (κ2) is 5.49. The van der Waals surface area contributed by atoms with E-state index in [2.05, 4.69) is 0 Å². The summed E-state index contributed by atoms with van der Waals surface area (Å²) < 4.78 is 27.1. The second-order valence-corrected chi connectivity index (χ2v) is 8.15. The Morgan fingerprint density at radius 2 is 2.09 bits per heavy atom. The molecule has 0 saturated heterocycles. The van der Waals surface area contributed by atoms with Gasteiger partial charge in [0.05, 0.1) is 10.5 Å². The number of carboxylic acids is 1. The number of aryl methyl sites for hydroxylation is 1. The van der Waals surface area contributed by atoms with Crippen LogP contribution in [0.4, 0.5) is 0 Å². The third-order valence-electron chi connectivity index (χ3n) is 3.83. The van der Waals surface area contributed by atoms with Crippen molar-refractivity contribution in [3.05, 3.63) is 51.2 Å². The molecule has 2 heterocycles. The molecule has 0 bridgehead atoms. The van der Waals surface area contributed by atoms with E-state index in [0.717, 1.165) is 5.56 Å². The van der Waals surface area contributed by atoms with Crippen molar-refractivity contribution in [2.45, 2.75) is 24.8 Å². The zero-order valence-corrected chi connectivity index (χ0v) is 13.6. The van der Waals surface area contributed by atoms with Crippen molar-refractivity contribution in [2.24, 2.45) is 0 Å². The molecule has 0 unspecified atom stereocenters. The van der Waals surface area contributed by atoms with Gasteiger partial charge in [0.2, 0.25) is 10.0 Å². The molecule has 22 heavy (non-hydrogen) atoms. The molecule has 7 heteroatoms. The predicted octanol–water partition coefficient (Wildman–Crippen LogP) is 2.50. The summed E-state index contributed by atoms with van der Waals surface area (Å²) >= 11 is 1.64. The molecule has 0 amide bonds. The molecule has 116 valence electrons. The van der Waals surface area contributed by atoms with Gasteiger partial charge in [0.1, 0.15) is 0 Å². The minimum Gasteiger partial charge on any atom is -0.478 e. The fourth-order valence-electron chi connectivity index (χ4n) is 2.58. The monoisotopic (exact) mass is 337 g/mol. The summed E-state index contributed by atoms with van der Waals surface area (Å²) in [5, 5.41) is 11.0. The maximum absolute atomic E-state index is 12.9. The molecular weight excluding hydrogens is 322 g/mol. The molecule has 1 aromatic carbocycles. The van der Waals surface area contributed by atoms with Crippen LogP contribution in [0.1, 0.15) is 26.4 Å². The van der Waals surface area contributed by atoms with Crippen LogP contribution >= 0.6 is 11.3 Å². The topological polar surface area (TPSA) is 74.7 Å². The third kappa shape index (κ3) is 2.55. The Kier molecular flexibility index (Phi) is 3.80. The standard InChI is InChI=1S/C15H15NO4S2/c1-10-2-3-11(15(17)18)8-14(10)22(19,20)16-6-4-13-12(9-16)5-7-21-13/h2-3,5,7-8H,4,6,9H2,1H3,(H,17,18). The second-order valence-electron chi connectivity index (χ2n) is 5.24. The predicted molar refractivity (Wildman–Crippen MR) is 83.8 cm³/mol. The van der Waals surface area contributed by atoms with Crippen molar-refractivity contribution >= 4 is 27.3 Å². The van der Waals surface area contributed by atoms with Gasteiger partial charge in [-0.2, -0.15) is 4.31 Å². The molecular formula is C15H15NO4S2. The zero-order chi connectivity index (χ0) is 15.9. The molecule has 0 radical (unpaired) electrons. The highest BCUT2D eigenvalue weighted by molar-refractivity contribution is 7.89. The number of sulfonamides is 1. The molecule has 1 aliphatic rings. The third-order valence-corrected chi connectivity index (χ3v) is 6.84. The number of carbonyl (C=O) groups is 1. The van der Waals surface area contributed by atoms with E-state index in [0.29, 0.717) is 25.1 Å². The number of fused-ring (bicyclic) bond motifs is 1. The Labute approximate surface area is 132 Å². The Morgan fingerprint density at radius 3 is 2.82 bits per heavy atom.